The lowest BCUT2D eigenvalue weighted by Gasteiger charge is -2.10. The van der Waals surface area contributed by atoms with E-state index in [4.69, 9.17) is 16.3 Å². The minimum atomic E-state index is 0.425. The average Bonchev–Trinajstić information content (AvgIpc) is 2.15. The monoisotopic (exact) mass is 212 g/mol. The topological polar surface area (TPSA) is 26.3 Å². The van der Waals surface area contributed by atoms with Gasteiger partial charge in [0.15, 0.2) is 6.29 Å². The minimum Gasteiger partial charge on any atom is -0.493 e. The highest BCUT2D eigenvalue weighted by molar-refractivity contribution is 6.30. The van der Waals surface area contributed by atoms with Gasteiger partial charge in [-0.3, -0.25) is 4.79 Å². The number of hydrogen-bond donors (Lipinski definition) is 0. The van der Waals surface area contributed by atoms with Crippen LogP contribution >= 0.6 is 11.6 Å². The lowest BCUT2D eigenvalue weighted by atomic mass is 10.2. The van der Waals surface area contributed by atoms with Crippen LogP contribution in [-0.2, 0) is 0 Å². The Kier molecular flexibility index (Phi) is 3.96. The highest BCUT2D eigenvalue weighted by atomic mass is 35.5. The van der Waals surface area contributed by atoms with Crippen molar-refractivity contribution in [2.24, 2.45) is 5.92 Å². The predicted octanol–water partition coefficient (Wildman–Crippen LogP) is 3.19. The maximum Gasteiger partial charge on any atom is 0.153 e. The first-order chi connectivity index (χ1) is 6.63. The Hall–Kier alpha value is -1.02. The Bertz CT molecular complexity index is 321. The van der Waals surface area contributed by atoms with Gasteiger partial charge in [0.1, 0.15) is 5.75 Å². The Morgan fingerprint density at radius 1 is 1.50 bits per heavy atom. The second-order valence-corrected chi connectivity index (χ2v) is 3.94. The van der Waals surface area contributed by atoms with Crippen LogP contribution in [0.4, 0.5) is 0 Å². The Labute approximate surface area is 88.8 Å². The molecule has 0 aromatic heterocycles. The van der Waals surface area contributed by atoms with Crippen LogP contribution in [0.2, 0.25) is 5.02 Å². The van der Waals surface area contributed by atoms with Crippen LogP contribution in [0, 0.1) is 5.92 Å². The fourth-order valence-corrected chi connectivity index (χ4v) is 1.15. The number of aldehydes is 1. The zero-order chi connectivity index (χ0) is 10.6. The number of rotatable bonds is 4. The summed E-state index contributed by atoms with van der Waals surface area (Å²) in [5, 5.41) is 0.578. The van der Waals surface area contributed by atoms with E-state index in [0.29, 0.717) is 28.9 Å². The molecule has 0 radical (unpaired) electrons. The Morgan fingerprint density at radius 2 is 2.21 bits per heavy atom. The lowest BCUT2D eigenvalue weighted by Crippen LogP contribution is -2.05. The highest BCUT2D eigenvalue weighted by Gasteiger charge is 2.04. The molecule has 0 aliphatic rings. The summed E-state index contributed by atoms with van der Waals surface area (Å²) >= 11 is 5.79. The second kappa shape index (κ2) is 5.01. The minimum absolute atomic E-state index is 0.425. The largest absolute Gasteiger partial charge is 0.493 e. The number of benzene rings is 1. The number of ether oxygens (including phenoxy) is 1. The average molecular weight is 213 g/mol. The summed E-state index contributed by atoms with van der Waals surface area (Å²) in [6.45, 7) is 4.68. The molecule has 0 atom stereocenters. The van der Waals surface area contributed by atoms with Gasteiger partial charge in [0, 0.05) is 5.02 Å². The van der Waals surface area contributed by atoms with E-state index in [-0.39, 0.29) is 0 Å². The van der Waals surface area contributed by atoms with E-state index < -0.39 is 0 Å². The van der Waals surface area contributed by atoms with Gasteiger partial charge >= 0.3 is 0 Å². The van der Waals surface area contributed by atoms with E-state index in [2.05, 4.69) is 0 Å². The van der Waals surface area contributed by atoms with Gasteiger partial charge in [-0.15, -0.1) is 0 Å². The SMILES string of the molecule is CC(C)COc1cc(Cl)ccc1C=O. The summed E-state index contributed by atoms with van der Waals surface area (Å²) < 4.78 is 5.45. The fraction of sp³-hybridized carbons (Fsp3) is 0.364. The summed E-state index contributed by atoms with van der Waals surface area (Å²) in [6.07, 6.45) is 0.770. The van der Waals surface area contributed by atoms with Crippen molar-refractivity contribution in [2.45, 2.75) is 13.8 Å². The molecule has 0 saturated carbocycles. The predicted molar refractivity (Wildman–Crippen MR) is 57.2 cm³/mol. The van der Waals surface area contributed by atoms with Gasteiger partial charge in [0.2, 0.25) is 0 Å². The molecule has 0 heterocycles. The molecule has 0 saturated heterocycles. The quantitative estimate of drug-likeness (QED) is 0.717. The highest BCUT2D eigenvalue weighted by Crippen LogP contribution is 2.22. The zero-order valence-corrected chi connectivity index (χ0v) is 9.04. The maximum atomic E-state index is 10.7. The van der Waals surface area contributed by atoms with Crippen molar-refractivity contribution in [3.63, 3.8) is 0 Å². The van der Waals surface area contributed by atoms with Crippen molar-refractivity contribution in [2.75, 3.05) is 6.61 Å². The first-order valence-corrected chi connectivity index (χ1v) is 4.89. The molecular formula is C11H13ClO2. The molecule has 0 bridgehead atoms. The van der Waals surface area contributed by atoms with Crippen molar-refractivity contribution in [3.05, 3.63) is 28.8 Å². The molecule has 0 fully saturated rings. The smallest absolute Gasteiger partial charge is 0.153 e. The van der Waals surface area contributed by atoms with Crippen molar-refractivity contribution in [1.29, 1.82) is 0 Å². The molecular weight excluding hydrogens is 200 g/mol. The van der Waals surface area contributed by atoms with Gasteiger partial charge in [-0.2, -0.15) is 0 Å². The van der Waals surface area contributed by atoms with Gasteiger partial charge in [-0.25, -0.2) is 0 Å². The van der Waals surface area contributed by atoms with Gasteiger partial charge in [-0.05, 0) is 24.1 Å². The second-order valence-electron chi connectivity index (χ2n) is 3.50. The summed E-state index contributed by atoms with van der Waals surface area (Å²) in [4.78, 5) is 10.7. The van der Waals surface area contributed by atoms with Crippen LogP contribution in [0.25, 0.3) is 0 Å². The van der Waals surface area contributed by atoms with Gasteiger partial charge < -0.3 is 4.74 Å². The van der Waals surface area contributed by atoms with E-state index >= 15 is 0 Å². The van der Waals surface area contributed by atoms with Crippen LogP contribution in [0.1, 0.15) is 24.2 Å². The molecule has 14 heavy (non-hydrogen) atoms. The lowest BCUT2D eigenvalue weighted by molar-refractivity contribution is 0.111. The summed E-state index contributed by atoms with van der Waals surface area (Å²) in [5.74, 6) is 0.981. The van der Waals surface area contributed by atoms with Crippen molar-refractivity contribution < 1.29 is 9.53 Å². The number of halogens is 1. The molecule has 76 valence electrons. The molecule has 0 unspecified atom stereocenters. The number of carbonyl (C=O) groups is 1. The van der Waals surface area contributed by atoms with Gasteiger partial charge in [0.05, 0.1) is 12.2 Å². The maximum absolute atomic E-state index is 10.7. The van der Waals surface area contributed by atoms with E-state index in [0.717, 1.165) is 6.29 Å². The molecule has 0 spiro atoms. The normalized spacial score (nSPS) is 10.3. The number of carbonyl (C=O) groups excluding carboxylic acids is 1. The van der Waals surface area contributed by atoms with Crippen molar-refractivity contribution in [3.8, 4) is 5.75 Å². The molecule has 2 nitrogen and oxygen atoms in total. The van der Waals surface area contributed by atoms with Crippen molar-refractivity contribution in [1.82, 2.24) is 0 Å². The molecule has 0 N–H and O–H groups in total. The van der Waals surface area contributed by atoms with Crippen LogP contribution in [0.15, 0.2) is 18.2 Å². The molecule has 3 heteroatoms. The number of hydrogen-bond acceptors (Lipinski definition) is 2. The first kappa shape index (κ1) is 11.1. The zero-order valence-electron chi connectivity index (χ0n) is 8.29. The van der Waals surface area contributed by atoms with E-state index in [1.807, 2.05) is 13.8 Å². The fourth-order valence-electron chi connectivity index (χ4n) is 0.987. The molecule has 0 aliphatic carbocycles. The molecule has 1 aromatic rings. The Balaban J connectivity index is 2.82. The molecule has 1 aromatic carbocycles. The summed E-state index contributed by atoms with van der Waals surface area (Å²) in [7, 11) is 0. The first-order valence-electron chi connectivity index (χ1n) is 4.51. The molecule has 0 aliphatic heterocycles. The third-order valence-corrected chi connectivity index (χ3v) is 1.91. The van der Waals surface area contributed by atoms with Crippen LogP contribution < -0.4 is 4.74 Å². The Morgan fingerprint density at radius 3 is 2.79 bits per heavy atom. The summed E-state index contributed by atoms with van der Waals surface area (Å²) in [6, 6.07) is 4.99. The van der Waals surface area contributed by atoms with Gasteiger partial charge in [-0.1, -0.05) is 25.4 Å². The van der Waals surface area contributed by atoms with Crippen LogP contribution in [0.5, 0.6) is 5.75 Å². The van der Waals surface area contributed by atoms with E-state index in [9.17, 15) is 4.79 Å². The van der Waals surface area contributed by atoms with Crippen LogP contribution in [-0.4, -0.2) is 12.9 Å². The third-order valence-electron chi connectivity index (χ3n) is 1.67. The van der Waals surface area contributed by atoms with E-state index in [1.54, 1.807) is 18.2 Å². The third kappa shape index (κ3) is 3.04. The van der Waals surface area contributed by atoms with Crippen LogP contribution in [0.3, 0.4) is 0 Å². The van der Waals surface area contributed by atoms with E-state index in [1.165, 1.54) is 0 Å². The van der Waals surface area contributed by atoms with Gasteiger partial charge in [0.25, 0.3) is 0 Å². The standard InChI is InChI=1S/C11H13ClO2/c1-8(2)7-14-11-5-10(12)4-3-9(11)6-13/h3-6,8H,7H2,1-2H3. The molecule has 0 amide bonds. The summed E-state index contributed by atoms with van der Waals surface area (Å²) in [5.41, 5.74) is 0.537. The molecule has 1 rings (SSSR count). The van der Waals surface area contributed by atoms with Crippen molar-refractivity contribution >= 4 is 17.9 Å².